The van der Waals surface area contributed by atoms with E-state index in [2.05, 4.69) is 43.9 Å². The van der Waals surface area contributed by atoms with Gasteiger partial charge in [0.15, 0.2) is 0 Å². The van der Waals surface area contributed by atoms with Crippen LogP contribution in [0.25, 0.3) is 0 Å². The first kappa shape index (κ1) is 8.74. The molecule has 0 nitrogen and oxygen atoms in total. The number of benzene rings is 1. The lowest BCUT2D eigenvalue weighted by Gasteiger charge is -2.11. The van der Waals surface area contributed by atoms with Gasteiger partial charge in [-0.1, -0.05) is 37.3 Å². The maximum atomic E-state index is 2.28. The Bertz CT molecular complexity index is 189. The monoisotopic (exact) mass is 166 g/mol. The second-order valence-electron chi connectivity index (χ2n) is 2.66. The smallest absolute Gasteiger partial charge is 0.000887 e. The van der Waals surface area contributed by atoms with Gasteiger partial charge in [0, 0.05) is 5.66 Å². The molecule has 0 saturated heterocycles. The van der Waals surface area contributed by atoms with Crippen LogP contribution in [0.4, 0.5) is 0 Å². The van der Waals surface area contributed by atoms with Crippen molar-refractivity contribution in [2.75, 3.05) is 6.66 Å². The van der Waals surface area contributed by atoms with Gasteiger partial charge in [-0.15, -0.1) is 8.58 Å². The highest BCUT2D eigenvalue weighted by Crippen LogP contribution is 2.33. The first-order valence-electron chi connectivity index (χ1n) is 4.10. The third-order valence-corrected chi connectivity index (χ3v) is 3.40. The van der Waals surface area contributed by atoms with E-state index in [0.29, 0.717) is 0 Å². The molecular formula is C10H15P. The molecule has 0 fully saturated rings. The number of hydrogen-bond donors (Lipinski definition) is 0. The molecule has 0 saturated carbocycles. The predicted molar refractivity (Wildman–Crippen MR) is 53.7 cm³/mol. The maximum Gasteiger partial charge on any atom is 0.000887 e. The van der Waals surface area contributed by atoms with E-state index in [1.807, 2.05) is 0 Å². The first-order chi connectivity index (χ1) is 5.38. The van der Waals surface area contributed by atoms with Crippen molar-refractivity contribution in [3.63, 3.8) is 0 Å². The third kappa shape index (κ3) is 2.31. The molecule has 0 aliphatic rings. The molecule has 0 heterocycles. The quantitative estimate of drug-likeness (QED) is 0.603. The van der Waals surface area contributed by atoms with E-state index in [4.69, 9.17) is 0 Å². The first-order valence-corrected chi connectivity index (χ1v) is 5.68. The number of rotatable bonds is 3. The van der Waals surface area contributed by atoms with Gasteiger partial charge in [0.2, 0.25) is 0 Å². The van der Waals surface area contributed by atoms with Crippen LogP contribution in [-0.2, 0) is 0 Å². The Morgan fingerprint density at radius 2 is 1.91 bits per heavy atom. The summed E-state index contributed by atoms with van der Waals surface area (Å²) >= 11 is 0. The van der Waals surface area contributed by atoms with Gasteiger partial charge >= 0.3 is 0 Å². The Labute approximate surface area is 70.8 Å². The summed E-state index contributed by atoms with van der Waals surface area (Å²) in [4.78, 5) is 0. The molecule has 1 heteroatoms. The second kappa shape index (κ2) is 4.51. The highest BCUT2D eigenvalue weighted by atomic mass is 31.1. The van der Waals surface area contributed by atoms with Gasteiger partial charge < -0.3 is 0 Å². The van der Waals surface area contributed by atoms with E-state index in [0.717, 1.165) is 14.2 Å². The molecule has 1 aromatic rings. The van der Waals surface area contributed by atoms with Crippen molar-refractivity contribution in [1.29, 1.82) is 0 Å². The molecular weight excluding hydrogens is 151 g/mol. The van der Waals surface area contributed by atoms with Crippen molar-refractivity contribution in [2.24, 2.45) is 0 Å². The Morgan fingerprint density at radius 1 is 1.27 bits per heavy atom. The molecule has 0 aliphatic heterocycles. The van der Waals surface area contributed by atoms with Gasteiger partial charge in [0.05, 0.1) is 0 Å². The lowest BCUT2D eigenvalue weighted by molar-refractivity contribution is 0.891. The summed E-state index contributed by atoms with van der Waals surface area (Å²) < 4.78 is 0. The van der Waals surface area contributed by atoms with Gasteiger partial charge in [0.25, 0.3) is 0 Å². The average molecular weight is 166 g/mol. The summed E-state index contributed by atoms with van der Waals surface area (Å²) in [6.07, 6.45) is 1.26. The van der Waals surface area contributed by atoms with Gasteiger partial charge in [-0.3, -0.25) is 0 Å². The van der Waals surface area contributed by atoms with Crippen LogP contribution in [0.3, 0.4) is 0 Å². The van der Waals surface area contributed by atoms with Crippen LogP contribution in [0, 0.1) is 0 Å². The molecule has 0 N–H and O–H groups in total. The zero-order chi connectivity index (χ0) is 8.10. The largest absolute Gasteiger partial charge is 0.118 e. The van der Waals surface area contributed by atoms with Crippen molar-refractivity contribution < 1.29 is 0 Å². The van der Waals surface area contributed by atoms with Gasteiger partial charge in [-0.25, -0.2) is 0 Å². The zero-order valence-electron chi connectivity index (χ0n) is 7.17. The lowest BCUT2D eigenvalue weighted by atomic mass is 10.1. The molecule has 0 amide bonds. The Hall–Kier alpha value is -0.350. The SMILES string of the molecule is CCC(PC)c1ccccc1. The van der Waals surface area contributed by atoms with Gasteiger partial charge in [-0.2, -0.15) is 0 Å². The molecule has 1 aromatic carbocycles. The molecule has 0 bridgehead atoms. The summed E-state index contributed by atoms with van der Waals surface area (Å²) in [5.74, 6) is 0. The fourth-order valence-electron chi connectivity index (χ4n) is 1.29. The van der Waals surface area contributed by atoms with Crippen LogP contribution in [-0.4, -0.2) is 6.66 Å². The molecule has 0 radical (unpaired) electrons. The van der Waals surface area contributed by atoms with E-state index in [-0.39, 0.29) is 0 Å². The fraction of sp³-hybridized carbons (Fsp3) is 0.400. The highest BCUT2D eigenvalue weighted by molar-refractivity contribution is 7.37. The minimum atomic E-state index is 0.788. The van der Waals surface area contributed by atoms with Gasteiger partial charge in [0.1, 0.15) is 0 Å². The molecule has 0 aromatic heterocycles. The Morgan fingerprint density at radius 3 is 2.36 bits per heavy atom. The molecule has 2 unspecified atom stereocenters. The minimum absolute atomic E-state index is 0.788. The predicted octanol–water partition coefficient (Wildman–Crippen LogP) is 3.45. The average Bonchev–Trinajstić information content (AvgIpc) is 2.09. The summed E-state index contributed by atoms with van der Waals surface area (Å²) in [7, 11) is 1.03. The highest BCUT2D eigenvalue weighted by Gasteiger charge is 2.03. The summed E-state index contributed by atoms with van der Waals surface area (Å²) in [5, 5.41) is 0. The van der Waals surface area contributed by atoms with Crippen LogP contribution in [0.2, 0.25) is 0 Å². The van der Waals surface area contributed by atoms with Crippen molar-refractivity contribution in [2.45, 2.75) is 19.0 Å². The van der Waals surface area contributed by atoms with Crippen molar-refractivity contribution >= 4 is 8.58 Å². The van der Waals surface area contributed by atoms with Crippen molar-refractivity contribution in [3.8, 4) is 0 Å². The normalized spacial score (nSPS) is 14.0. The summed E-state index contributed by atoms with van der Waals surface area (Å²) in [6.45, 7) is 4.54. The molecule has 1 rings (SSSR count). The standard InChI is InChI=1S/C10H15P/c1-3-10(11-2)9-7-5-4-6-8-9/h4-8,10-11H,3H2,1-2H3. The lowest BCUT2D eigenvalue weighted by Crippen LogP contribution is -1.87. The van der Waals surface area contributed by atoms with Crippen molar-refractivity contribution in [3.05, 3.63) is 35.9 Å². The third-order valence-electron chi connectivity index (χ3n) is 1.96. The van der Waals surface area contributed by atoms with Gasteiger partial charge in [-0.05, 0) is 18.6 Å². The Balaban J connectivity index is 2.74. The molecule has 0 aliphatic carbocycles. The zero-order valence-corrected chi connectivity index (χ0v) is 8.17. The second-order valence-corrected chi connectivity index (χ2v) is 3.93. The molecule has 2 atom stereocenters. The van der Waals surface area contributed by atoms with Crippen LogP contribution in [0.15, 0.2) is 30.3 Å². The van der Waals surface area contributed by atoms with Crippen LogP contribution in [0.5, 0.6) is 0 Å². The number of hydrogen-bond acceptors (Lipinski definition) is 0. The van der Waals surface area contributed by atoms with Crippen LogP contribution in [0.1, 0.15) is 24.6 Å². The topological polar surface area (TPSA) is 0 Å². The van der Waals surface area contributed by atoms with Crippen molar-refractivity contribution in [1.82, 2.24) is 0 Å². The van der Waals surface area contributed by atoms with Crippen LogP contribution < -0.4 is 0 Å². The van der Waals surface area contributed by atoms with E-state index in [9.17, 15) is 0 Å². The molecule has 60 valence electrons. The molecule has 0 spiro atoms. The van der Waals surface area contributed by atoms with E-state index < -0.39 is 0 Å². The Kier molecular flexibility index (Phi) is 3.59. The maximum absolute atomic E-state index is 2.28. The fourth-order valence-corrected chi connectivity index (χ4v) is 2.23. The van der Waals surface area contributed by atoms with E-state index >= 15 is 0 Å². The molecule has 11 heavy (non-hydrogen) atoms. The van der Waals surface area contributed by atoms with Crippen LogP contribution >= 0.6 is 8.58 Å². The minimum Gasteiger partial charge on any atom is -0.118 e. The summed E-state index contributed by atoms with van der Waals surface area (Å²) in [5.41, 5.74) is 2.28. The van der Waals surface area contributed by atoms with E-state index in [1.165, 1.54) is 12.0 Å². The summed E-state index contributed by atoms with van der Waals surface area (Å²) in [6, 6.07) is 10.8. The van der Waals surface area contributed by atoms with E-state index in [1.54, 1.807) is 0 Å².